The minimum absolute atomic E-state index is 0.0951. The second-order valence-electron chi connectivity index (χ2n) is 7.66. The number of para-hydroxylation sites is 1. The first kappa shape index (κ1) is 20.5. The van der Waals surface area contributed by atoms with Gasteiger partial charge in [0.2, 0.25) is 5.95 Å². The molecule has 0 aliphatic carbocycles. The Morgan fingerprint density at radius 2 is 1.84 bits per heavy atom. The lowest BCUT2D eigenvalue weighted by atomic mass is 10.1. The lowest BCUT2D eigenvalue weighted by molar-refractivity contribution is 0.589. The molecule has 0 spiro atoms. The van der Waals surface area contributed by atoms with E-state index in [1.807, 2.05) is 30.3 Å². The molecule has 1 saturated heterocycles. The first-order valence-corrected chi connectivity index (χ1v) is 11.9. The van der Waals surface area contributed by atoms with Gasteiger partial charge in [0.05, 0.1) is 24.1 Å². The molecule has 8 nitrogen and oxygen atoms in total. The van der Waals surface area contributed by atoms with Crippen LogP contribution in [0.25, 0.3) is 11.3 Å². The van der Waals surface area contributed by atoms with Crippen LogP contribution in [-0.4, -0.2) is 51.1 Å². The van der Waals surface area contributed by atoms with Gasteiger partial charge < -0.3 is 15.5 Å². The van der Waals surface area contributed by atoms with E-state index in [4.69, 9.17) is 0 Å². The van der Waals surface area contributed by atoms with E-state index in [0.717, 1.165) is 37.4 Å². The third kappa shape index (κ3) is 3.59. The third-order valence-corrected chi connectivity index (χ3v) is 7.43. The van der Waals surface area contributed by atoms with Crippen LogP contribution in [0.2, 0.25) is 0 Å². The van der Waals surface area contributed by atoms with Crippen molar-refractivity contribution in [3.63, 3.8) is 0 Å². The van der Waals surface area contributed by atoms with Crippen LogP contribution in [0.3, 0.4) is 0 Å². The molecule has 3 aromatic rings. The summed E-state index contributed by atoms with van der Waals surface area (Å²) in [7, 11) is -3.77. The van der Waals surface area contributed by atoms with Crippen LogP contribution in [0.5, 0.6) is 0 Å². The minimum Gasteiger partial charge on any atom is -0.369 e. The van der Waals surface area contributed by atoms with E-state index >= 15 is 0 Å². The fraction of sp³-hybridized carbons (Fsp3) is 0.217. The topological polar surface area (TPSA) is 90.5 Å². The Hall–Kier alpha value is -3.43. The number of anilines is 4. The number of hydrogen-bond donors (Lipinski definition) is 2. The number of fused-ring (bicyclic) bond motifs is 3. The zero-order valence-electron chi connectivity index (χ0n) is 17.5. The highest BCUT2D eigenvalue weighted by atomic mass is 32.2. The number of benzene rings is 2. The monoisotopic (exact) mass is 448 g/mol. The second kappa shape index (κ2) is 8.25. The summed E-state index contributed by atoms with van der Waals surface area (Å²) in [5.41, 5.74) is 3.74. The van der Waals surface area contributed by atoms with Crippen LogP contribution < -0.4 is 19.8 Å². The molecule has 0 unspecified atom stereocenters. The molecule has 1 aromatic heterocycles. The summed E-state index contributed by atoms with van der Waals surface area (Å²) in [5.74, 6) is 0.348. The maximum atomic E-state index is 13.2. The SMILES string of the molecule is C=CCN1c2ccccc2-c2nc(Nc3ccc(N4CCNCC4)cc3)ncc2S1(=O)=O. The van der Waals surface area contributed by atoms with Crippen molar-refractivity contribution in [3.05, 3.63) is 67.4 Å². The fourth-order valence-corrected chi connectivity index (χ4v) is 5.62. The van der Waals surface area contributed by atoms with E-state index in [1.165, 1.54) is 16.2 Å². The number of rotatable bonds is 5. The van der Waals surface area contributed by atoms with Crippen LogP contribution in [-0.2, 0) is 10.0 Å². The van der Waals surface area contributed by atoms with E-state index in [0.29, 0.717) is 17.3 Å². The van der Waals surface area contributed by atoms with Gasteiger partial charge in [0.25, 0.3) is 10.0 Å². The van der Waals surface area contributed by atoms with Crippen molar-refractivity contribution in [3.8, 4) is 11.3 Å². The van der Waals surface area contributed by atoms with Crippen molar-refractivity contribution >= 4 is 33.0 Å². The van der Waals surface area contributed by atoms with Gasteiger partial charge in [-0.05, 0) is 30.3 Å². The lowest BCUT2D eigenvalue weighted by Crippen LogP contribution is -2.43. The quantitative estimate of drug-likeness (QED) is 0.580. The molecule has 0 saturated carbocycles. The number of nitrogens with zero attached hydrogens (tertiary/aromatic N) is 4. The predicted molar refractivity (Wildman–Crippen MR) is 127 cm³/mol. The molecule has 2 aliphatic rings. The first-order valence-electron chi connectivity index (χ1n) is 10.5. The Balaban J connectivity index is 1.46. The number of sulfonamides is 1. The Kier molecular flexibility index (Phi) is 5.28. The Bertz CT molecular complexity index is 1250. The molecular formula is C23H24N6O2S. The van der Waals surface area contributed by atoms with Gasteiger partial charge in [-0.2, -0.15) is 0 Å². The highest BCUT2D eigenvalue weighted by molar-refractivity contribution is 7.93. The van der Waals surface area contributed by atoms with Gasteiger partial charge >= 0.3 is 0 Å². The Labute approximate surface area is 187 Å². The number of hydrogen-bond acceptors (Lipinski definition) is 7. The Morgan fingerprint density at radius 1 is 1.09 bits per heavy atom. The maximum Gasteiger partial charge on any atom is 0.268 e. The smallest absolute Gasteiger partial charge is 0.268 e. The molecule has 32 heavy (non-hydrogen) atoms. The van der Waals surface area contributed by atoms with E-state index in [1.54, 1.807) is 12.1 Å². The van der Waals surface area contributed by atoms with Gasteiger partial charge in [-0.3, -0.25) is 4.31 Å². The number of piperazine rings is 1. The summed E-state index contributed by atoms with van der Waals surface area (Å²) in [6, 6.07) is 15.4. The van der Waals surface area contributed by atoms with Crippen molar-refractivity contribution < 1.29 is 8.42 Å². The molecule has 164 valence electrons. The van der Waals surface area contributed by atoms with Crippen LogP contribution in [0.1, 0.15) is 0 Å². The molecule has 3 heterocycles. The zero-order chi connectivity index (χ0) is 22.1. The molecule has 0 amide bonds. The summed E-state index contributed by atoms with van der Waals surface area (Å²) in [5, 5.41) is 6.56. The second-order valence-corrected chi connectivity index (χ2v) is 9.49. The van der Waals surface area contributed by atoms with Gasteiger partial charge in [-0.1, -0.05) is 24.3 Å². The van der Waals surface area contributed by atoms with Crippen molar-refractivity contribution in [2.75, 3.05) is 47.2 Å². The Morgan fingerprint density at radius 3 is 2.59 bits per heavy atom. The van der Waals surface area contributed by atoms with Crippen molar-refractivity contribution in [1.29, 1.82) is 0 Å². The van der Waals surface area contributed by atoms with Crippen LogP contribution in [0.15, 0.2) is 72.3 Å². The van der Waals surface area contributed by atoms with Gasteiger partial charge in [-0.15, -0.1) is 6.58 Å². The van der Waals surface area contributed by atoms with Crippen molar-refractivity contribution in [1.82, 2.24) is 15.3 Å². The van der Waals surface area contributed by atoms with Gasteiger partial charge in [0.1, 0.15) is 4.90 Å². The lowest BCUT2D eigenvalue weighted by Gasteiger charge is -2.30. The highest BCUT2D eigenvalue weighted by Gasteiger charge is 2.35. The summed E-state index contributed by atoms with van der Waals surface area (Å²) >= 11 is 0. The van der Waals surface area contributed by atoms with Gasteiger partial charge in [0.15, 0.2) is 0 Å². The molecular weight excluding hydrogens is 424 g/mol. The molecule has 2 aliphatic heterocycles. The molecule has 9 heteroatoms. The van der Waals surface area contributed by atoms with E-state index in [9.17, 15) is 8.42 Å². The van der Waals surface area contributed by atoms with Crippen LogP contribution >= 0.6 is 0 Å². The van der Waals surface area contributed by atoms with Gasteiger partial charge in [-0.25, -0.2) is 18.4 Å². The summed E-state index contributed by atoms with van der Waals surface area (Å²) in [6.45, 7) is 7.81. The highest BCUT2D eigenvalue weighted by Crippen LogP contribution is 2.41. The minimum atomic E-state index is -3.77. The van der Waals surface area contributed by atoms with Crippen molar-refractivity contribution in [2.45, 2.75) is 4.90 Å². The predicted octanol–water partition coefficient (Wildman–Crippen LogP) is 2.99. The molecule has 0 radical (unpaired) electrons. The first-order chi connectivity index (χ1) is 15.6. The summed E-state index contributed by atoms with van der Waals surface area (Å²) < 4.78 is 27.7. The average molecular weight is 449 g/mol. The standard InChI is InChI=1S/C23H24N6O2S/c1-2-13-29-20-6-4-3-5-19(20)22-21(32(29,30)31)16-25-23(27-22)26-17-7-9-18(10-8-17)28-14-11-24-12-15-28/h2-10,16,24H,1,11-15H2,(H,25,26,27). The number of aromatic nitrogens is 2. The largest absolute Gasteiger partial charge is 0.369 e. The molecule has 0 atom stereocenters. The van der Waals surface area contributed by atoms with Crippen LogP contribution in [0.4, 0.5) is 23.0 Å². The fourth-order valence-electron chi connectivity index (χ4n) is 4.07. The summed E-state index contributed by atoms with van der Waals surface area (Å²) in [6.07, 6.45) is 2.95. The zero-order valence-corrected chi connectivity index (χ0v) is 18.3. The van der Waals surface area contributed by atoms with E-state index < -0.39 is 10.0 Å². The molecule has 0 bridgehead atoms. The molecule has 2 N–H and O–H groups in total. The molecule has 2 aromatic carbocycles. The molecule has 1 fully saturated rings. The van der Waals surface area contributed by atoms with E-state index in [-0.39, 0.29) is 11.4 Å². The normalized spacial score (nSPS) is 16.8. The molecule has 5 rings (SSSR count). The van der Waals surface area contributed by atoms with Crippen LogP contribution in [0, 0.1) is 0 Å². The average Bonchev–Trinajstić information content (AvgIpc) is 2.83. The summed E-state index contributed by atoms with van der Waals surface area (Å²) in [4.78, 5) is 11.3. The van der Waals surface area contributed by atoms with Gasteiger partial charge in [0, 0.05) is 43.1 Å². The van der Waals surface area contributed by atoms with Crippen molar-refractivity contribution in [2.24, 2.45) is 0 Å². The van der Waals surface area contributed by atoms with E-state index in [2.05, 4.69) is 44.2 Å². The third-order valence-electron chi connectivity index (χ3n) is 5.65. The maximum absolute atomic E-state index is 13.2. The number of nitrogens with one attached hydrogen (secondary N) is 2.